The normalized spacial score (nSPS) is 9.95. The molecule has 0 unspecified atom stereocenters. The number of halogens is 1. The molecule has 0 amide bonds. The highest BCUT2D eigenvalue weighted by atomic mass is 35.5. The summed E-state index contributed by atoms with van der Waals surface area (Å²) < 4.78 is 15.2. The highest BCUT2D eigenvalue weighted by molar-refractivity contribution is 6.32. The lowest BCUT2D eigenvalue weighted by Gasteiger charge is -2.08. The summed E-state index contributed by atoms with van der Waals surface area (Å²) in [5.41, 5.74) is 0.348. The summed E-state index contributed by atoms with van der Waals surface area (Å²) in [6, 6.07) is 8.17. The van der Waals surface area contributed by atoms with Crippen LogP contribution in [0.5, 0.6) is 17.4 Å². The lowest BCUT2D eigenvalue weighted by molar-refractivity contribution is 0.0600. The lowest BCUT2D eigenvalue weighted by Crippen LogP contribution is -2.01. The monoisotopic (exact) mass is 293 g/mol. The number of rotatable bonds is 4. The van der Waals surface area contributed by atoms with Crippen molar-refractivity contribution in [3.05, 3.63) is 47.1 Å². The number of esters is 1. The van der Waals surface area contributed by atoms with Crippen LogP contribution in [0.3, 0.4) is 0 Å². The molecule has 0 bridgehead atoms. The molecule has 104 valence electrons. The first kappa shape index (κ1) is 14.1. The lowest BCUT2D eigenvalue weighted by atomic mass is 10.3. The molecule has 0 aliphatic rings. The Morgan fingerprint density at radius 1 is 1.20 bits per heavy atom. The van der Waals surface area contributed by atoms with Gasteiger partial charge in [0.15, 0.2) is 0 Å². The topological polar surface area (TPSA) is 57.7 Å². The Labute approximate surface area is 121 Å². The molecule has 0 saturated heterocycles. The van der Waals surface area contributed by atoms with Gasteiger partial charge in [-0.1, -0.05) is 11.6 Å². The smallest absolute Gasteiger partial charge is 0.339 e. The molecule has 0 aliphatic heterocycles. The van der Waals surface area contributed by atoms with Crippen LogP contribution >= 0.6 is 11.6 Å². The van der Waals surface area contributed by atoms with Crippen molar-refractivity contribution in [2.45, 2.75) is 0 Å². The summed E-state index contributed by atoms with van der Waals surface area (Å²) in [7, 11) is 2.86. The fourth-order valence-electron chi connectivity index (χ4n) is 1.48. The number of pyridine rings is 1. The largest absolute Gasteiger partial charge is 0.497 e. The first-order valence-corrected chi connectivity index (χ1v) is 6.07. The number of benzene rings is 1. The number of hydrogen-bond donors (Lipinski definition) is 0. The standard InChI is InChI=1S/C14H12ClNO4/c1-18-10-4-5-12(11(15)7-10)20-13-6-3-9(8-16-13)14(17)19-2/h3-8H,1-2H3. The third-order valence-electron chi connectivity index (χ3n) is 2.51. The van der Waals surface area contributed by atoms with E-state index in [4.69, 9.17) is 21.1 Å². The summed E-state index contributed by atoms with van der Waals surface area (Å²) in [5, 5.41) is 0.406. The molecule has 0 spiro atoms. The zero-order valence-electron chi connectivity index (χ0n) is 10.9. The minimum Gasteiger partial charge on any atom is -0.497 e. The maximum absolute atomic E-state index is 11.3. The zero-order valence-corrected chi connectivity index (χ0v) is 11.7. The van der Waals surface area contributed by atoms with E-state index in [9.17, 15) is 4.79 Å². The summed E-state index contributed by atoms with van der Waals surface area (Å²) in [6.07, 6.45) is 1.37. The van der Waals surface area contributed by atoms with Gasteiger partial charge in [-0.15, -0.1) is 0 Å². The minimum absolute atomic E-state index is 0.324. The molecule has 1 aromatic heterocycles. The van der Waals surface area contributed by atoms with Crippen LogP contribution < -0.4 is 9.47 Å². The SMILES string of the molecule is COC(=O)c1ccc(Oc2ccc(OC)cc2Cl)nc1. The van der Waals surface area contributed by atoms with Gasteiger partial charge in [-0.05, 0) is 18.2 Å². The van der Waals surface area contributed by atoms with Crippen molar-refractivity contribution >= 4 is 17.6 Å². The number of methoxy groups -OCH3 is 2. The van der Waals surface area contributed by atoms with Crippen molar-refractivity contribution in [1.29, 1.82) is 0 Å². The van der Waals surface area contributed by atoms with Crippen LogP contribution in [0.1, 0.15) is 10.4 Å². The van der Waals surface area contributed by atoms with Gasteiger partial charge in [0, 0.05) is 18.3 Å². The van der Waals surface area contributed by atoms with Gasteiger partial charge in [-0.25, -0.2) is 9.78 Å². The number of nitrogens with zero attached hydrogens (tertiary/aromatic N) is 1. The molecule has 0 atom stereocenters. The van der Waals surface area contributed by atoms with Crippen molar-refractivity contribution in [3.63, 3.8) is 0 Å². The molecule has 6 heteroatoms. The molecule has 2 aromatic rings. The number of aromatic nitrogens is 1. The Hall–Kier alpha value is -2.27. The Kier molecular flexibility index (Phi) is 4.42. The van der Waals surface area contributed by atoms with Crippen LogP contribution in [0.25, 0.3) is 0 Å². The van der Waals surface area contributed by atoms with E-state index < -0.39 is 5.97 Å². The quantitative estimate of drug-likeness (QED) is 0.809. The van der Waals surface area contributed by atoms with E-state index in [1.807, 2.05) is 0 Å². The van der Waals surface area contributed by atoms with Gasteiger partial charge in [0.25, 0.3) is 0 Å². The van der Waals surface area contributed by atoms with Crippen LogP contribution in [0.15, 0.2) is 36.5 Å². The van der Waals surface area contributed by atoms with E-state index in [2.05, 4.69) is 9.72 Å². The first-order valence-electron chi connectivity index (χ1n) is 5.70. The van der Waals surface area contributed by atoms with Crippen molar-refractivity contribution in [3.8, 4) is 17.4 Å². The minimum atomic E-state index is -0.452. The van der Waals surface area contributed by atoms with E-state index in [0.717, 1.165) is 0 Å². The van der Waals surface area contributed by atoms with Gasteiger partial charge in [0.1, 0.15) is 11.5 Å². The second-order valence-corrected chi connectivity index (χ2v) is 4.18. The Bertz CT molecular complexity index is 613. The Morgan fingerprint density at radius 3 is 2.55 bits per heavy atom. The van der Waals surface area contributed by atoms with E-state index in [-0.39, 0.29) is 0 Å². The molecule has 1 aromatic carbocycles. The second kappa shape index (κ2) is 6.25. The van der Waals surface area contributed by atoms with E-state index >= 15 is 0 Å². The zero-order chi connectivity index (χ0) is 14.5. The second-order valence-electron chi connectivity index (χ2n) is 3.78. The molecule has 0 radical (unpaired) electrons. The molecule has 0 aliphatic carbocycles. The summed E-state index contributed by atoms with van der Waals surface area (Å²) >= 11 is 6.06. The van der Waals surface area contributed by atoms with E-state index in [0.29, 0.717) is 28.0 Å². The fourth-order valence-corrected chi connectivity index (χ4v) is 1.69. The third-order valence-corrected chi connectivity index (χ3v) is 2.81. The van der Waals surface area contributed by atoms with Crippen molar-refractivity contribution in [2.75, 3.05) is 14.2 Å². The average molecular weight is 294 g/mol. The van der Waals surface area contributed by atoms with Gasteiger partial charge in [-0.2, -0.15) is 0 Å². The molecule has 0 N–H and O–H groups in total. The van der Waals surface area contributed by atoms with Crippen LogP contribution in [0.4, 0.5) is 0 Å². The van der Waals surface area contributed by atoms with Crippen LogP contribution in [-0.4, -0.2) is 25.2 Å². The van der Waals surface area contributed by atoms with E-state index in [1.165, 1.54) is 13.3 Å². The number of carbonyl (C=O) groups is 1. The maximum atomic E-state index is 11.3. The van der Waals surface area contributed by atoms with Crippen molar-refractivity contribution in [1.82, 2.24) is 4.98 Å². The molecule has 2 rings (SSSR count). The van der Waals surface area contributed by atoms with Gasteiger partial charge in [-0.3, -0.25) is 0 Å². The Morgan fingerprint density at radius 2 is 2.00 bits per heavy atom. The predicted molar refractivity (Wildman–Crippen MR) is 73.7 cm³/mol. The summed E-state index contributed by atoms with van der Waals surface area (Å²) in [4.78, 5) is 15.3. The van der Waals surface area contributed by atoms with Crippen molar-refractivity contribution < 1.29 is 19.0 Å². The number of ether oxygens (including phenoxy) is 3. The number of carbonyl (C=O) groups excluding carboxylic acids is 1. The fraction of sp³-hybridized carbons (Fsp3) is 0.143. The molecule has 5 nitrogen and oxygen atoms in total. The first-order chi connectivity index (χ1) is 9.63. The molecule has 20 heavy (non-hydrogen) atoms. The number of hydrogen-bond acceptors (Lipinski definition) is 5. The highest BCUT2D eigenvalue weighted by Gasteiger charge is 2.08. The molecular formula is C14H12ClNO4. The molecule has 0 fully saturated rings. The van der Waals surface area contributed by atoms with Crippen LogP contribution in [0, 0.1) is 0 Å². The Balaban J connectivity index is 2.16. The van der Waals surface area contributed by atoms with Gasteiger partial charge < -0.3 is 14.2 Å². The maximum Gasteiger partial charge on any atom is 0.339 e. The van der Waals surface area contributed by atoms with E-state index in [1.54, 1.807) is 37.4 Å². The molecular weight excluding hydrogens is 282 g/mol. The van der Waals surface area contributed by atoms with Crippen molar-refractivity contribution in [2.24, 2.45) is 0 Å². The molecule has 1 heterocycles. The average Bonchev–Trinajstić information content (AvgIpc) is 2.49. The summed E-state index contributed by atoms with van der Waals surface area (Å²) in [6.45, 7) is 0. The summed E-state index contributed by atoms with van der Waals surface area (Å²) in [5.74, 6) is 0.957. The highest BCUT2D eigenvalue weighted by Crippen LogP contribution is 2.31. The van der Waals surface area contributed by atoms with Gasteiger partial charge >= 0.3 is 5.97 Å². The van der Waals surface area contributed by atoms with Crippen LogP contribution in [0.2, 0.25) is 5.02 Å². The van der Waals surface area contributed by atoms with Crippen LogP contribution in [-0.2, 0) is 4.74 Å². The molecule has 0 saturated carbocycles. The third kappa shape index (κ3) is 3.19. The van der Waals surface area contributed by atoms with Gasteiger partial charge in [0.05, 0.1) is 24.8 Å². The predicted octanol–water partition coefficient (Wildman–Crippen LogP) is 3.32. The van der Waals surface area contributed by atoms with Gasteiger partial charge in [0.2, 0.25) is 5.88 Å².